The quantitative estimate of drug-likeness (QED) is 0.168. The van der Waals surface area contributed by atoms with Crippen LogP contribution in [-0.2, 0) is 38.5 Å². The maximum atomic E-state index is 10.8. The van der Waals surface area contributed by atoms with Crippen molar-refractivity contribution in [3.63, 3.8) is 0 Å². The molecule has 0 aromatic heterocycles. The summed E-state index contributed by atoms with van der Waals surface area (Å²) in [7, 11) is 0. The summed E-state index contributed by atoms with van der Waals surface area (Å²) < 4.78 is 18.2. The van der Waals surface area contributed by atoms with Crippen LogP contribution in [0.3, 0.4) is 0 Å². The molecule has 0 radical (unpaired) electrons. The van der Waals surface area contributed by atoms with Crippen LogP contribution in [0.2, 0.25) is 0 Å². The molecule has 0 N–H and O–H groups in total. The Bertz CT molecular complexity index is 446. The van der Waals surface area contributed by atoms with E-state index in [-0.39, 0.29) is 25.4 Å². The van der Waals surface area contributed by atoms with Gasteiger partial charge in [0.2, 0.25) is 0 Å². The van der Waals surface area contributed by atoms with Gasteiger partial charge in [-0.2, -0.15) is 38.7 Å². The van der Waals surface area contributed by atoms with Crippen LogP contribution in [-0.4, -0.2) is 50.0 Å². The molecule has 0 heterocycles. The molecule has 176 valence electrons. The first kappa shape index (κ1) is 29.3. The lowest BCUT2D eigenvalue weighted by atomic mass is 10.4. The van der Waals surface area contributed by atoms with Crippen LogP contribution in [0.5, 0.6) is 0 Å². The van der Waals surface area contributed by atoms with Crippen LogP contribution in [0, 0.1) is 0 Å². The highest BCUT2D eigenvalue weighted by molar-refractivity contribution is 5.64. The van der Waals surface area contributed by atoms with Gasteiger partial charge in [-0.1, -0.05) is 26.7 Å². The summed E-state index contributed by atoms with van der Waals surface area (Å²) in [6.45, 7) is 10.9. The van der Waals surface area contributed by atoms with Crippen molar-refractivity contribution in [2.24, 2.45) is 0 Å². The molecule has 0 unspecified atom stereocenters. The molecule has 0 amide bonds. The summed E-state index contributed by atoms with van der Waals surface area (Å²) >= 11 is 0. The molecular weight excluding hydrogens is 408 g/mol. The van der Waals surface area contributed by atoms with Crippen molar-refractivity contribution in [2.45, 2.75) is 79.4 Å². The Morgan fingerprint density at radius 1 is 0.567 bits per heavy atom. The zero-order chi connectivity index (χ0) is 23.4. The van der Waals surface area contributed by atoms with Gasteiger partial charge in [-0.15, -0.1) is 0 Å². The maximum absolute atomic E-state index is 10.8. The van der Waals surface area contributed by atoms with Gasteiger partial charge < -0.3 is 18.9 Å². The van der Waals surface area contributed by atoms with E-state index in [1.807, 2.05) is 13.8 Å². The molecule has 0 aliphatic carbocycles. The van der Waals surface area contributed by atoms with Gasteiger partial charge in [-0.3, -0.25) is 0 Å². The van der Waals surface area contributed by atoms with Gasteiger partial charge >= 0.3 is 24.6 Å². The van der Waals surface area contributed by atoms with Gasteiger partial charge in [0.25, 0.3) is 0 Å². The number of carbonyl (C=O) groups excluding carboxylic acids is 4. The third-order valence-corrected chi connectivity index (χ3v) is 2.45. The van der Waals surface area contributed by atoms with Crippen molar-refractivity contribution in [3.8, 4) is 0 Å². The Morgan fingerprint density at radius 2 is 0.867 bits per heavy atom. The molecule has 12 heteroatoms. The summed E-state index contributed by atoms with van der Waals surface area (Å²) in [6, 6.07) is 0. The van der Waals surface area contributed by atoms with E-state index < -0.39 is 24.6 Å². The van der Waals surface area contributed by atoms with Crippen molar-refractivity contribution in [2.75, 3.05) is 13.2 Å². The fraction of sp³-hybridized carbons (Fsp3) is 0.778. The maximum Gasteiger partial charge on any atom is 0.550 e. The molecule has 0 bridgehead atoms. The van der Waals surface area contributed by atoms with Crippen molar-refractivity contribution in [1.82, 2.24) is 0 Å². The molecule has 0 spiro atoms. The third-order valence-electron chi connectivity index (χ3n) is 2.45. The topological polar surface area (TPSA) is 142 Å². The summed E-state index contributed by atoms with van der Waals surface area (Å²) in [6.07, 6.45) is -1.67. The average Bonchev–Trinajstić information content (AvgIpc) is 2.65. The van der Waals surface area contributed by atoms with Crippen LogP contribution in [0.15, 0.2) is 0 Å². The highest BCUT2D eigenvalue weighted by atomic mass is 17.3. The predicted molar refractivity (Wildman–Crippen MR) is 100 cm³/mol. The normalized spacial score (nSPS) is 9.60. The highest BCUT2D eigenvalue weighted by Crippen LogP contribution is 1.98. The predicted octanol–water partition coefficient (Wildman–Crippen LogP) is 4.83. The van der Waals surface area contributed by atoms with Gasteiger partial charge in [-0.05, 0) is 40.5 Å². The minimum Gasteiger partial charge on any atom is -0.432 e. The fourth-order valence-electron chi connectivity index (χ4n) is 1.21. The molecule has 0 aliphatic heterocycles. The SMILES string of the molecule is CC(C)OC(=O)OOC(=O)OC(C)C.CCCCOC(=O)OOC(=O)OCCCC. The van der Waals surface area contributed by atoms with Crippen LogP contribution in [0.25, 0.3) is 0 Å². The Kier molecular flexibility index (Phi) is 18.9. The highest BCUT2D eigenvalue weighted by Gasteiger charge is 2.14. The number of ether oxygens (including phenoxy) is 4. The fourth-order valence-corrected chi connectivity index (χ4v) is 1.21. The molecule has 30 heavy (non-hydrogen) atoms. The standard InChI is InChI=1S/C10H18O6.C8H14O6/c1-3-5-7-13-9(11)15-16-10(12)14-8-6-4-2;1-5(2)11-7(9)13-14-8(10)12-6(3)4/h3-8H2,1-2H3;5-6H,1-4H3. The first-order valence-corrected chi connectivity index (χ1v) is 9.56. The van der Waals surface area contributed by atoms with Crippen molar-refractivity contribution >= 4 is 24.6 Å². The summed E-state index contributed by atoms with van der Waals surface area (Å²) in [5.74, 6) is 0. The number of hydrogen-bond donors (Lipinski definition) is 0. The van der Waals surface area contributed by atoms with E-state index in [4.69, 9.17) is 0 Å². The molecular formula is C18H32O12. The molecule has 0 saturated carbocycles. The summed E-state index contributed by atoms with van der Waals surface area (Å²) in [4.78, 5) is 58.9. The molecule has 0 saturated heterocycles. The zero-order valence-corrected chi connectivity index (χ0v) is 18.3. The minimum absolute atomic E-state index is 0.240. The molecule has 0 aliphatic rings. The number of carbonyl (C=O) groups is 4. The number of hydrogen-bond acceptors (Lipinski definition) is 12. The van der Waals surface area contributed by atoms with Gasteiger partial charge in [0.15, 0.2) is 0 Å². The second-order valence-corrected chi connectivity index (χ2v) is 6.07. The Labute approximate surface area is 175 Å². The Morgan fingerprint density at radius 3 is 1.13 bits per heavy atom. The lowest BCUT2D eigenvalue weighted by molar-refractivity contribution is -0.222. The number of unbranched alkanes of at least 4 members (excludes halogenated alkanes) is 2. The van der Waals surface area contributed by atoms with E-state index in [2.05, 4.69) is 38.5 Å². The lowest BCUT2D eigenvalue weighted by Gasteiger charge is -2.08. The van der Waals surface area contributed by atoms with Gasteiger partial charge in [0.1, 0.15) is 0 Å². The second kappa shape index (κ2) is 19.4. The van der Waals surface area contributed by atoms with E-state index >= 15 is 0 Å². The van der Waals surface area contributed by atoms with E-state index in [1.54, 1.807) is 27.7 Å². The average molecular weight is 440 g/mol. The van der Waals surface area contributed by atoms with Crippen LogP contribution in [0.4, 0.5) is 19.2 Å². The molecule has 12 nitrogen and oxygen atoms in total. The lowest BCUT2D eigenvalue weighted by Crippen LogP contribution is -2.18. The Hall–Kier alpha value is -2.92. The van der Waals surface area contributed by atoms with E-state index in [0.717, 1.165) is 25.7 Å². The monoisotopic (exact) mass is 440 g/mol. The molecule has 0 atom stereocenters. The van der Waals surface area contributed by atoms with Crippen LogP contribution < -0.4 is 0 Å². The largest absolute Gasteiger partial charge is 0.550 e. The van der Waals surface area contributed by atoms with Gasteiger partial charge in [0.05, 0.1) is 25.4 Å². The first-order chi connectivity index (χ1) is 14.1. The zero-order valence-electron chi connectivity index (χ0n) is 18.3. The number of rotatable bonds is 8. The minimum atomic E-state index is -1.08. The van der Waals surface area contributed by atoms with Gasteiger partial charge in [-0.25, -0.2) is 0 Å². The van der Waals surface area contributed by atoms with Crippen molar-refractivity contribution in [1.29, 1.82) is 0 Å². The van der Waals surface area contributed by atoms with Gasteiger partial charge in [0, 0.05) is 0 Å². The van der Waals surface area contributed by atoms with Crippen LogP contribution in [0.1, 0.15) is 67.2 Å². The molecule has 0 fully saturated rings. The van der Waals surface area contributed by atoms with E-state index in [0.29, 0.717) is 0 Å². The smallest absolute Gasteiger partial charge is 0.432 e. The van der Waals surface area contributed by atoms with Crippen molar-refractivity contribution in [3.05, 3.63) is 0 Å². The second-order valence-electron chi connectivity index (χ2n) is 6.07. The molecule has 0 aromatic rings. The molecule has 0 aromatic carbocycles. The van der Waals surface area contributed by atoms with Crippen molar-refractivity contribution < 1.29 is 57.7 Å². The summed E-state index contributed by atoms with van der Waals surface area (Å²) in [5.41, 5.74) is 0. The van der Waals surface area contributed by atoms with Crippen LogP contribution >= 0.6 is 0 Å². The summed E-state index contributed by atoms with van der Waals surface area (Å²) in [5, 5.41) is 0. The van der Waals surface area contributed by atoms with E-state index in [1.165, 1.54) is 0 Å². The Balaban J connectivity index is 0. The first-order valence-electron chi connectivity index (χ1n) is 9.56. The molecule has 0 rings (SSSR count). The van der Waals surface area contributed by atoms with E-state index in [9.17, 15) is 19.2 Å². The third kappa shape index (κ3) is 23.1.